The number of carbonyl (C=O) groups excluding carboxylic acids is 1. The molecule has 0 aliphatic rings. The Morgan fingerprint density at radius 2 is 1.76 bits per heavy atom. The molecule has 0 saturated carbocycles. The zero-order valence-electron chi connectivity index (χ0n) is 13.8. The first-order valence-electron chi connectivity index (χ1n) is 7.91. The van der Waals surface area contributed by atoms with E-state index in [1.165, 1.54) is 4.90 Å². The Kier molecular flexibility index (Phi) is 4.86. The Labute approximate surface area is 146 Å². The predicted molar refractivity (Wildman–Crippen MR) is 94.0 cm³/mol. The molecule has 0 aliphatic carbocycles. The van der Waals surface area contributed by atoms with Crippen LogP contribution in [0.1, 0.15) is 17.0 Å². The van der Waals surface area contributed by atoms with Gasteiger partial charge in [-0.3, -0.25) is 4.79 Å². The van der Waals surface area contributed by atoms with Gasteiger partial charge in [0.25, 0.3) is 5.91 Å². The molecule has 3 rings (SSSR count). The van der Waals surface area contributed by atoms with Crippen molar-refractivity contribution in [3.63, 3.8) is 0 Å². The molecule has 0 saturated heterocycles. The molecule has 0 radical (unpaired) electrons. The predicted octanol–water partition coefficient (Wildman–Crippen LogP) is 2.92. The number of nitrogens with zero attached hydrogens (tertiary/aromatic N) is 5. The standard InChI is InChI=1S/C19H17N5O/c1-23(14-8-13-20)19(25)17-21-18(15-9-4-2-5-10-15)24(22-17)16-11-6-3-7-12-16/h2-7,9-12H,8,14H2,1H3. The highest BCUT2D eigenvalue weighted by atomic mass is 16.2. The molecule has 0 bridgehead atoms. The van der Waals surface area contributed by atoms with Crippen LogP contribution in [0.2, 0.25) is 0 Å². The van der Waals surface area contributed by atoms with E-state index in [-0.39, 0.29) is 18.2 Å². The Hall–Kier alpha value is -3.46. The highest BCUT2D eigenvalue weighted by Crippen LogP contribution is 2.21. The summed E-state index contributed by atoms with van der Waals surface area (Å²) in [6.07, 6.45) is 0.271. The lowest BCUT2D eigenvalue weighted by Crippen LogP contribution is -2.28. The number of nitriles is 1. The molecule has 6 nitrogen and oxygen atoms in total. The van der Waals surface area contributed by atoms with Crippen LogP contribution >= 0.6 is 0 Å². The number of amides is 1. The quantitative estimate of drug-likeness (QED) is 0.720. The van der Waals surface area contributed by atoms with Crippen molar-refractivity contribution in [2.24, 2.45) is 0 Å². The summed E-state index contributed by atoms with van der Waals surface area (Å²) in [6.45, 7) is 0.343. The van der Waals surface area contributed by atoms with E-state index in [9.17, 15) is 4.79 Å². The van der Waals surface area contributed by atoms with Crippen molar-refractivity contribution in [1.29, 1.82) is 5.26 Å². The molecule has 1 heterocycles. The minimum atomic E-state index is -0.304. The average molecular weight is 331 g/mol. The van der Waals surface area contributed by atoms with E-state index in [0.717, 1.165) is 11.3 Å². The monoisotopic (exact) mass is 331 g/mol. The SMILES string of the molecule is CN(CCC#N)C(=O)c1nc(-c2ccccc2)n(-c2ccccc2)n1. The van der Waals surface area contributed by atoms with Gasteiger partial charge in [0.2, 0.25) is 5.82 Å². The molecule has 25 heavy (non-hydrogen) atoms. The molecule has 6 heteroatoms. The Bertz CT molecular complexity index is 840. The fourth-order valence-corrected chi connectivity index (χ4v) is 2.42. The lowest BCUT2D eigenvalue weighted by Gasteiger charge is -2.12. The zero-order chi connectivity index (χ0) is 17.6. The largest absolute Gasteiger partial charge is 0.338 e. The van der Waals surface area contributed by atoms with Crippen LogP contribution in [0.4, 0.5) is 0 Å². The minimum Gasteiger partial charge on any atom is -0.338 e. The van der Waals surface area contributed by atoms with Gasteiger partial charge >= 0.3 is 0 Å². The van der Waals surface area contributed by atoms with Gasteiger partial charge in [0.15, 0.2) is 5.82 Å². The van der Waals surface area contributed by atoms with E-state index in [1.807, 2.05) is 66.7 Å². The highest BCUT2D eigenvalue weighted by molar-refractivity contribution is 5.90. The van der Waals surface area contributed by atoms with E-state index in [0.29, 0.717) is 12.4 Å². The molecule has 0 fully saturated rings. The maximum absolute atomic E-state index is 12.6. The smallest absolute Gasteiger partial charge is 0.293 e. The molecular formula is C19H17N5O. The first-order valence-corrected chi connectivity index (χ1v) is 7.91. The molecule has 1 aromatic heterocycles. The van der Waals surface area contributed by atoms with Crippen LogP contribution in [0.5, 0.6) is 0 Å². The van der Waals surface area contributed by atoms with Gasteiger partial charge in [0.1, 0.15) is 0 Å². The van der Waals surface area contributed by atoms with Crippen molar-refractivity contribution < 1.29 is 4.79 Å². The van der Waals surface area contributed by atoms with Crippen LogP contribution in [-0.4, -0.2) is 39.2 Å². The average Bonchev–Trinajstić information content (AvgIpc) is 3.12. The Morgan fingerprint density at radius 1 is 1.12 bits per heavy atom. The second kappa shape index (κ2) is 7.41. The van der Waals surface area contributed by atoms with Crippen LogP contribution in [-0.2, 0) is 0 Å². The third kappa shape index (κ3) is 3.56. The molecule has 0 unspecified atom stereocenters. The van der Waals surface area contributed by atoms with Gasteiger partial charge in [-0.1, -0.05) is 48.5 Å². The van der Waals surface area contributed by atoms with Gasteiger partial charge in [-0.15, -0.1) is 5.10 Å². The van der Waals surface area contributed by atoms with Crippen molar-refractivity contribution in [2.45, 2.75) is 6.42 Å². The highest BCUT2D eigenvalue weighted by Gasteiger charge is 2.21. The van der Waals surface area contributed by atoms with Crippen molar-refractivity contribution in [3.8, 4) is 23.1 Å². The van der Waals surface area contributed by atoms with Crippen LogP contribution in [0.3, 0.4) is 0 Å². The number of hydrogen-bond donors (Lipinski definition) is 0. The van der Waals surface area contributed by atoms with Gasteiger partial charge < -0.3 is 4.90 Å². The van der Waals surface area contributed by atoms with Crippen LogP contribution in [0.25, 0.3) is 17.1 Å². The maximum Gasteiger partial charge on any atom is 0.293 e. The summed E-state index contributed by atoms with van der Waals surface area (Å²) in [4.78, 5) is 18.5. The van der Waals surface area contributed by atoms with E-state index < -0.39 is 0 Å². The van der Waals surface area contributed by atoms with Gasteiger partial charge in [-0.25, -0.2) is 9.67 Å². The summed E-state index contributed by atoms with van der Waals surface area (Å²) < 4.78 is 1.67. The molecular weight excluding hydrogens is 314 g/mol. The van der Waals surface area contributed by atoms with Crippen molar-refractivity contribution in [3.05, 3.63) is 66.5 Å². The fourth-order valence-electron chi connectivity index (χ4n) is 2.42. The second-order valence-corrected chi connectivity index (χ2v) is 5.51. The summed E-state index contributed by atoms with van der Waals surface area (Å²) in [5.41, 5.74) is 1.70. The molecule has 124 valence electrons. The molecule has 0 aliphatic heterocycles. The summed E-state index contributed by atoms with van der Waals surface area (Å²) in [7, 11) is 1.64. The van der Waals surface area contributed by atoms with E-state index >= 15 is 0 Å². The summed E-state index contributed by atoms with van der Waals surface area (Å²) in [5.74, 6) is 0.411. The first kappa shape index (κ1) is 16.4. The Balaban J connectivity index is 2.04. The van der Waals surface area contributed by atoms with Crippen LogP contribution in [0.15, 0.2) is 60.7 Å². The van der Waals surface area contributed by atoms with Gasteiger partial charge in [-0.05, 0) is 12.1 Å². The van der Waals surface area contributed by atoms with Crippen LogP contribution < -0.4 is 0 Å². The van der Waals surface area contributed by atoms with Crippen molar-refractivity contribution in [1.82, 2.24) is 19.7 Å². The number of benzene rings is 2. The van der Waals surface area contributed by atoms with Crippen molar-refractivity contribution in [2.75, 3.05) is 13.6 Å². The number of para-hydroxylation sites is 1. The van der Waals surface area contributed by atoms with E-state index in [1.54, 1.807) is 11.7 Å². The number of carbonyl (C=O) groups is 1. The second-order valence-electron chi connectivity index (χ2n) is 5.51. The van der Waals surface area contributed by atoms with Gasteiger partial charge in [-0.2, -0.15) is 5.26 Å². The van der Waals surface area contributed by atoms with E-state index in [4.69, 9.17) is 5.26 Å². The molecule has 0 spiro atoms. The summed E-state index contributed by atoms with van der Waals surface area (Å²) in [5, 5.41) is 13.1. The normalized spacial score (nSPS) is 10.2. The zero-order valence-corrected chi connectivity index (χ0v) is 13.8. The summed E-state index contributed by atoms with van der Waals surface area (Å²) in [6, 6.07) is 21.2. The third-order valence-electron chi connectivity index (χ3n) is 3.74. The minimum absolute atomic E-state index is 0.114. The molecule has 3 aromatic rings. The lowest BCUT2D eigenvalue weighted by atomic mass is 10.2. The van der Waals surface area contributed by atoms with Gasteiger partial charge in [0, 0.05) is 19.2 Å². The molecule has 0 atom stereocenters. The molecule has 2 aromatic carbocycles. The van der Waals surface area contributed by atoms with Crippen LogP contribution in [0, 0.1) is 11.3 Å². The molecule has 1 amide bonds. The third-order valence-corrected chi connectivity index (χ3v) is 3.74. The van der Waals surface area contributed by atoms with Crippen molar-refractivity contribution >= 4 is 5.91 Å². The number of rotatable bonds is 5. The molecule has 0 N–H and O–H groups in total. The van der Waals surface area contributed by atoms with E-state index in [2.05, 4.69) is 10.1 Å². The van der Waals surface area contributed by atoms with Gasteiger partial charge in [0.05, 0.1) is 18.2 Å². The number of aromatic nitrogens is 3. The topological polar surface area (TPSA) is 74.8 Å². The Morgan fingerprint density at radius 3 is 2.40 bits per heavy atom. The summed E-state index contributed by atoms with van der Waals surface area (Å²) >= 11 is 0. The maximum atomic E-state index is 12.6. The lowest BCUT2D eigenvalue weighted by molar-refractivity contribution is 0.0786. The number of hydrogen-bond acceptors (Lipinski definition) is 4. The fraction of sp³-hybridized carbons (Fsp3) is 0.158. The first-order chi connectivity index (χ1) is 12.2.